The van der Waals surface area contributed by atoms with Crippen LogP contribution in [0.1, 0.15) is 33.7 Å². The molecule has 7 aromatic rings. The lowest BCUT2D eigenvalue weighted by atomic mass is 9.87. The molecular formula is C47H36N4. The molecule has 0 radical (unpaired) electrons. The largest absolute Gasteiger partial charge is 0.310 e. The van der Waals surface area contributed by atoms with Gasteiger partial charge in [-0.25, -0.2) is 9.98 Å². The van der Waals surface area contributed by atoms with Crippen molar-refractivity contribution in [2.75, 3.05) is 0 Å². The molecule has 0 spiro atoms. The van der Waals surface area contributed by atoms with Crippen LogP contribution in [0.15, 0.2) is 185 Å². The molecule has 4 heteroatoms. The Morgan fingerprint density at radius 2 is 1.33 bits per heavy atom. The summed E-state index contributed by atoms with van der Waals surface area (Å²) >= 11 is 0. The van der Waals surface area contributed by atoms with Crippen LogP contribution in [0.25, 0.3) is 38.6 Å². The number of para-hydroxylation sites is 1. The molecule has 1 aromatic heterocycles. The smallest absolute Gasteiger partial charge is 0.161 e. The van der Waals surface area contributed by atoms with Crippen LogP contribution < -0.4 is 0 Å². The molecule has 9 rings (SSSR count). The molecule has 0 fully saturated rings. The average Bonchev–Trinajstić information content (AvgIpc) is 3.73. The quantitative estimate of drug-likeness (QED) is 0.126. The van der Waals surface area contributed by atoms with Gasteiger partial charge in [0.05, 0.1) is 17.6 Å². The zero-order valence-electron chi connectivity index (χ0n) is 28.2. The molecule has 51 heavy (non-hydrogen) atoms. The lowest BCUT2D eigenvalue weighted by Gasteiger charge is -2.21. The molecular weight excluding hydrogens is 621 g/mol. The van der Waals surface area contributed by atoms with Crippen LogP contribution in [0.2, 0.25) is 0 Å². The highest BCUT2D eigenvalue weighted by Gasteiger charge is 2.32. The highest BCUT2D eigenvalue weighted by Crippen LogP contribution is 2.45. The Morgan fingerprint density at radius 1 is 0.647 bits per heavy atom. The van der Waals surface area contributed by atoms with Gasteiger partial charge < -0.3 is 4.57 Å². The van der Waals surface area contributed by atoms with Gasteiger partial charge in [-0.1, -0.05) is 152 Å². The summed E-state index contributed by atoms with van der Waals surface area (Å²) in [5, 5.41) is 2.55. The molecule has 2 atom stereocenters. The van der Waals surface area contributed by atoms with Crippen molar-refractivity contribution in [2.45, 2.75) is 18.9 Å². The highest BCUT2D eigenvalue weighted by molar-refractivity contribution is 6.13. The van der Waals surface area contributed by atoms with Crippen LogP contribution in [0.4, 0.5) is 0 Å². The number of aromatic nitrogens is 1. The average molecular weight is 657 g/mol. The highest BCUT2D eigenvalue weighted by atomic mass is 15.0. The summed E-state index contributed by atoms with van der Waals surface area (Å²) in [6, 6.07) is 53.3. The first kappa shape index (κ1) is 30.7. The second kappa shape index (κ2) is 13.1. The van der Waals surface area contributed by atoms with Gasteiger partial charge in [0.1, 0.15) is 0 Å². The summed E-state index contributed by atoms with van der Waals surface area (Å²) in [6.07, 6.45) is 8.27. The third-order valence-electron chi connectivity index (χ3n) is 10.2. The molecule has 0 aliphatic heterocycles. The van der Waals surface area contributed by atoms with Gasteiger partial charge in [-0.15, -0.1) is 0 Å². The molecule has 2 aliphatic rings. The number of fused-ring (bicyclic) bond motifs is 6. The van der Waals surface area contributed by atoms with Crippen LogP contribution in [-0.2, 0) is 13.0 Å². The molecule has 6 aromatic carbocycles. The third-order valence-corrected chi connectivity index (χ3v) is 10.2. The zero-order valence-corrected chi connectivity index (χ0v) is 28.2. The second-order valence-corrected chi connectivity index (χ2v) is 13.3. The molecule has 2 aliphatic carbocycles. The predicted octanol–water partition coefficient (Wildman–Crippen LogP) is 10.9. The van der Waals surface area contributed by atoms with E-state index in [1.807, 2.05) is 60.7 Å². The van der Waals surface area contributed by atoms with E-state index in [0.717, 1.165) is 17.5 Å². The van der Waals surface area contributed by atoms with Crippen LogP contribution in [0.3, 0.4) is 0 Å². The fourth-order valence-corrected chi connectivity index (χ4v) is 7.77. The summed E-state index contributed by atoms with van der Waals surface area (Å²) < 4.78 is 2.46. The Hall–Kier alpha value is -6.39. The van der Waals surface area contributed by atoms with Crippen molar-refractivity contribution < 1.29 is 0 Å². The van der Waals surface area contributed by atoms with Gasteiger partial charge >= 0.3 is 0 Å². The predicted molar refractivity (Wildman–Crippen MR) is 214 cm³/mol. The first-order chi connectivity index (χ1) is 25.2. The van der Waals surface area contributed by atoms with Gasteiger partial charge in [-0.3, -0.25) is 4.99 Å². The summed E-state index contributed by atoms with van der Waals surface area (Å²) in [5.74, 6) is 1.97. The van der Waals surface area contributed by atoms with E-state index in [4.69, 9.17) is 9.98 Å². The van der Waals surface area contributed by atoms with E-state index in [1.54, 1.807) is 0 Å². The lowest BCUT2D eigenvalue weighted by Crippen LogP contribution is -2.09. The van der Waals surface area contributed by atoms with Crippen molar-refractivity contribution in [1.29, 1.82) is 0 Å². The van der Waals surface area contributed by atoms with Crippen molar-refractivity contribution in [1.82, 2.24) is 4.57 Å². The summed E-state index contributed by atoms with van der Waals surface area (Å²) in [5.41, 5.74) is 12.0. The van der Waals surface area contributed by atoms with E-state index in [-0.39, 0.29) is 0 Å². The zero-order chi connectivity index (χ0) is 34.1. The molecule has 244 valence electrons. The fraction of sp³-hybridized carbons (Fsp3) is 0.0851. The normalized spacial score (nSPS) is 17.0. The SMILES string of the molecule is C=NC(=NC(=NCc1ccc2c(c1)CC1C=CC(n3c4ccccc4c4ccc(-c5ccccc5)cc43)=CC21)c1ccccc1)c1ccccc1. The maximum absolute atomic E-state index is 5.04. The first-order valence-electron chi connectivity index (χ1n) is 17.5. The Morgan fingerprint density at radius 3 is 2.10 bits per heavy atom. The maximum atomic E-state index is 5.04. The van der Waals surface area contributed by atoms with Crippen molar-refractivity contribution in [3.05, 3.63) is 198 Å². The minimum Gasteiger partial charge on any atom is -0.310 e. The molecule has 1 heterocycles. The van der Waals surface area contributed by atoms with Crippen molar-refractivity contribution in [3.8, 4) is 11.1 Å². The number of hydrogen-bond donors (Lipinski definition) is 0. The van der Waals surface area contributed by atoms with Crippen molar-refractivity contribution >= 4 is 45.9 Å². The van der Waals surface area contributed by atoms with E-state index >= 15 is 0 Å². The lowest BCUT2D eigenvalue weighted by molar-refractivity contribution is 0.630. The van der Waals surface area contributed by atoms with E-state index in [1.165, 1.54) is 55.3 Å². The first-order valence-corrected chi connectivity index (χ1v) is 17.5. The molecule has 0 N–H and O–H groups in total. The van der Waals surface area contributed by atoms with Crippen LogP contribution >= 0.6 is 0 Å². The Balaban J connectivity index is 1.06. The summed E-state index contributed by atoms with van der Waals surface area (Å²) in [6.45, 7) is 4.32. The van der Waals surface area contributed by atoms with Gasteiger partial charge in [-0.2, -0.15) is 0 Å². The molecule has 0 saturated heterocycles. The van der Waals surface area contributed by atoms with Crippen LogP contribution in [0, 0.1) is 5.92 Å². The van der Waals surface area contributed by atoms with Gasteiger partial charge in [0.25, 0.3) is 0 Å². The number of benzene rings is 6. The number of hydrogen-bond acceptors (Lipinski definition) is 1. The molecule has 0 amide bonds. The van der Waals surface area contributed by atoms with E-state index < -0.39 is 0 Å². The Kier molecular flexibility index (Phi) is 7.90. The van der Waals surface area contributed by atoms with Gasteiger partial charge in [0.2, 0.25) is 0 Å². The van der Waals surface area contributed by atoms with E-state index in [9.17, 15) is 0 Å². The number of rotatable bonds is 6. The molecule has 0 bridgehead atoms. The summed E-state index contributed by atoms with van der Waals surface area (Å²) in [4.78, 5) is 14.2. The van der Waals surface area contributed by atoms with E-state index in [0.29, 0.717) is 30.1 Å². The topological polar surface area (TPSA) is 42.0 Å². The fourth-order valence-electron chi connectivity index (χ4n) is 7.77. The molecule has 2 unspecified atom stereocenters. The van der Waals surface area contributed by atoms with Crippen molar-refractivity contribution in [2.24, 2.45) is 20.9 Å². The number of allylic oxidation sites excluding steroid dienone is 4. The summed E-state index contributed by atoms with van der Waals surface area (Å²) in [7, 11) is 0. The van der Waals surface area contributed by atoms with Crippen molar-refractivity contribution in [3.63, 3.8) is 0 Å². The number of aliphatic imine (C=N–C) groups is 3. The van der Waals surface area contributed by atoms with Crippen LogP contribution in [-0.4, -0.2) is 23.0 Å². The number of amidine groups is 2. The minimum absolute atomic E-state index is 0.322. The van der Waals surface area contributed by atoms with Crippen LogP contribution in [0.5, 0.6) is 0 Å². The third kappa shape index (κ3) is 5.75. The minimum atomic E-state index is 0.322. The van der Waals surface area contributed by atoms with Gasteiger partial charge in [0.15, 0.2) is 11.7 Å². The maximum Gasteiger partial charge on any atom is 0.161 e. The molecule has 4 nitrogen and oxygen atoms in total. The second-order valence-electron chi connectivity index (χ2n) is 13.3. The Labute approximate surface area is 298 Å². The molecule has 0 saturated carbocycles. The number of nitrogens with zero attached hydrogens (tertiary/aromatic N) is 4. The Bertz CT molecular complexity index is 2540. The monoisotopic (exact) mass is 656 g/mol. The van der Waals surface area contributed by atoms with E-state index in [2.05, 4.69) is 126 Å². The van der Waals surface area contributed by atoms with Gasteiger partial charge in [0, 0.05) is 33.5 Å². The standard InChI is InChI=1S/C47H36N4/c1-48-46(34-15-7-3-8-16-34)50-47(35-17-9-4-10-18-35)49-31-32-21-25-40-38(27-32)28-37-22-24-39(30-43(37)40)51-44-20-12-11-19-41(44)42-26-23-36(29-45(42)51)33-13-5-2-6-14-33/h2-27,29-30,37,43H,1,28,31H2. The van der Waals surface area contributed by atoms with Gasteiger partial charge in [-0.05, 0) is 65.1 Å².